The molecule has 0 aromatic carbocycles. The third kappa shape index (κ3) is 5.74. The van der Waals surface area contributed by atoms with Crippen LogP contribution in [0.15, 0.2) is 24.3 Å². The zero-order chi connectivity index (χ0) is 12.6. The molecule has 0 radical (unpaired) electrons. The minimum atomic E-state index is -0.981. The maximum absolute atomic E-state index is 10.8. The Morgan fingerprint density at radius 3 is 2.44 bits per heavy atom. The molecule has 5 nitrogen and oxygen atoms in total. The summed E-state index contributed by atoms with van der Waals surface area (Å²) in [5, 5.41) is 7.60. The lowest BCUT2D eigenvalue weighted by atomic mass is 10.1. The number of hydrogen-bond donors (Lipinski definition) is 1. The maximum atomic E-state index is 10.8. The fourth-order valence-corrected chi connectivity index (χ4v) is 0.929. The molecule has 0 aromatic rings. The molecule has 0 spiro atoms. The van der Waals surface area contributed by atoms with E-state index in [1.807, 2.05) is 6.92 Å². The summed E-state index contributed by atoms with van der Waals surface area (Å²) in [5.41, 5.74) is 0.511. The molecule has 1 aliphatic rings. The molecular formula is C11H14O5. The van der Waals surface area contributed by atoms with E-state index in [1.54, 1.807) is 0 Å². The van der Waals surface area contributed by atoms with Crippen molar-refractivity contribution in [2.45, 2.75) is 26.2 Å². The van der Waals surface area contributed by atoms with Gasteiger partial charge in [0.05, 0.1) is 0 Å². The van der Waals surface area contributed by atoms with Gasteiger partial charge in [-0.2, -0.15) is 0 Å². The Balaban J connectivity index is 0.000000385. The number of cyclic esters (lactones) is 2. The van der Waals surface area contributed by atoms with Crippen LogP contribution in [-0.4, -0.2) is 23.0 Å². The number of hydrogen-bond acceptors (Lipinski definition) is 4. The molecule has 0 aliphatic carbocycles. The number of ether oxygens (including phenoxy) is 1. The molecule has 0 aromatic heterocycles. The van der Waals surface area contributed by atoms with Crippen LogP contribution in [0.3, 0.4) is 0 Å². The number of unbranched alkanes of at least 4 members (excludes halogenated alkanes) is 1. The van der Waals surface area contributed by atoms with Gasteiger partial charge in [0, 0.05) is 17.7 Å². The lowest BCUT2D eigenvalue weighted by molar-refractivity contribution is -0.150. The van der Waals surface area contributed by atoms with Gasteiger partial charge in [-0.05, 0) is 12.8 Å². The molecule has 0 atom stereocenters. The topological polar surface area (TPSA) is 80.7 Å². The largest absolute Gasteiger partial charge is 0.478 e. The minimum absolute atomic E-state index is 0.469. The van der Waals surface area contributed by atoms with E-state index in [4.69, 9.17) is 5.11 Å². The molecule has 1 aliphatic heterocycles. The summed E-state index contributed by atoms with van der Waals surface area (Å²) < 4.78 is 4.30. The molecule has 1 N–H and O–H groups in total. The Bertz CT molecular complexity index is 327. The minimum Gasteiger partial charge on any atom is -0.478 e. The van der Waals surface area contributed by atoms with E-state index in [1.165, 1.54) is 6.08 Å². The van der Waals surface area contributed by atoms with Crippen LogP contribution in [0.25, 0.3) is 0 Å². The summed E-state index contributed by atoms with van der Waals surface area (Å²) in [6.07, 6.45) is 4.70. The van der Waals surface area contributed by atoms with E-state index in [2.05, 4.69) is 11.3 Å². The molecule has 0 unspecified atom stereocenters. The number of carbonyl (C=O) groups excluding carboxylic acids is 2. The van der Waals surface area contributed by atoms with E-state index in [0.29, 0.717) is 12.0 Å². The summed E-state index contributed by atoms with van der Waals surface area (Å²) in [6, 6.07) is 0. The van der Waals surface area contributed by atoms with Crippen molar-refractivity contribution in [2.24, 2.45) is 0 Å². The van der Waals surface area contributed by atoms with Gasteiger partial charge in [-0.15, -0.1) is 0 Å². The first-order valence-electron chi connectivity index (χ1n) is 4.83. The third-order valence-electron chi connectivity index (χ3n) is 1.72. The van der Waals surface area contributed by atoms with Crippen LogP contribution in [0.1, 0.15) is 26.2 Å². The average Bonchev–Trinajstić information content (AvgIpc) is 2.55. The molecule has 5 heteroatoms. The zero-order valence-corrected chi connectivity index (χ0v) is 9.06. The molecule has 0 bridgehead atoms. The van der Waals surface area contributed by atoms with Crippen molar-refractivity contribution in [1.29, 1.82) is 0 Å². The van der Waals surface area contributed by atoms with E-state index in [0.717, 1.165) is 18.9 Å². The highest BCUT2D eigenvalue weighted by atomic mass is 16.6. The fourth-order valence-electron chi connectivity index (χ4n) is 0.929. The predicted octanol–water partition coefficient (Wildman–Crippen LogP) is 1.44. The van der Waals surface area contributed by atoms with Crippen molar-refractivity contribution in [2.75, 3.05) is 0 Å². The van der Waals surface area contributed by atoms with Crippen LogP contribution in [0.2, 0.25) is 0 Å². The van der Waals surface area contributed by atoms with Crippen molar-refractivity contribution in [3.63, 3.8) is 0 Å². The first-order valence-corrected chi connectivity index (χ1v) is 4.83. The van der Waals surface area contributed by atoms with Gasteiger partial charge in [0.25, 0.3) is 0 Å². The van der Waals surface area contributed by atoms with Gasteiger partial charge in [0.15, 0.2) is 0 Å². The van der Waals surface area contributed by atoms with Gasteiger partial charge in [0.1, 0.15) is 0 Å². The summed E-state index contributed by atoms with van der Waals surface area (Å²) in [5.74, 6) is -1.98. The van der Waals surface area contributed by atoms with Gasteiger partial charge in [-0.3, -0.25) is 0 Å². The monoisotopic (exact) mass is 226 g/mol. The molecule has 1 rings (SSSR count). The fraction of sp³-hybridized carbons (Fsp3) is 0.364. The van der Waals surface area contributed by atoms with Gasteiger partial charge in [-0.25, -0.2) is 14.4 Å². The highest BCUT2D eigenvalue weighted by Crippen LogP contribution is 2.14. The average molecular weight is 226 g/mol. The molecular weight excluding hydrogens is 212 g/mol. The molecule has 16 heavy (non-hydrogen) atoms. The van der Waals surface area contributed by atoms with Gasteiger partial charge in [0.2, 0.25) is 0 Å². The molecule has 0 saturated heterocycles. The standard InChI is InChI=1S/C8H10O3.C3H4O2/c1-2-3-4-6-5-7(9)11-8(6)10;1-2-3(4)5/h5H,2-4H2,1H3;2H,1H2,(H,4,5). The highest BCUT2D eigenvalue weighted by Gasteiger charge is 2.22. The van der Waals surface area contributed by atoms with Crippen molar-refractivity contribution < 1.29 is 24.2 Å². The second-order valence-corrected chi connectivity index (χ2v) is 3.02. The quantitative estimate of drug-likeness (QED) is 0.445. The number of carboxylic acids is 1. The smallest absolute Gasteiger partial charge is 0.342 e. The van der Waals surface area contributed by atoms with Crippen molar-refractivity contribution in [3.8, 4) is 0 Å². The van der Waals surface area contributed by atoms with Gasteiger partial charge in [-0.1, -0.05) is 19.9 Å². The normalized spacial score (nSPS) is 13.4. The zero-order valence-electron chi connectivity index (χ0n) is 9.06. The van der Waals surface area contributed by atoms with E-state index >= 15 is 0 Å². The lowest BCUT2D eigenvalue weighted by Crippen LogP contribution is -2.01. The van der Waals surface area contributed by atoms with Crippen LogP contribution >= 0.6 is 0 Å². The van der Waals surface area contributed by atoms with Crippen molar-refractivity contribution in [1.82, 2.24) is 0 Å². The molecule has 0 amide bonds. The second-order valence-electron chi connectivity index (χ2n) is 3.02. The summed E-state index contributed by atoms with van der Waals surface area (Å²) in [7, 11) is 0. The number of aliphatic carboxylic acids is 1. The number of rotatable bonds is 4. The lowest BCUT2D eigenvalue weighted by Gasteiger charge is -1.94. The molecule has 1 heterocycles. The molecule has 0 saturated carbocycles. The van der Waals surface area contributed by atoms with Crippen molar-refractivity contribution >= 4 is 17.9 Å². The summed E-state index contributed by atoms with van der Waals surface area (Å²) >= 11 is 0. The van der Waals surface area contributed by atoms with Crippen LogP contribution in [0, 0.1) is 0 Å². The Kier molecular flexibility index (Phi) is 6.51. The SMILES string of the molecule is C=CC(=O)O.CCCCC1=CC(=O)OC1=O. The Morgan fingerprint density at radius 2 is 2.12 bits per heavy atom. The van der Waals surface area contributed by atoms with E-state index in [-0.39, 0.29) is 0 Å². The Morgan fingerprint density at radius 1 is 1.56 bits per heavy atom. The first kappa shape index (κ1) is 14.1. The Hall–Kier alpha value is -1.91. The highest BCUT2D eigenvalue weighted by molar-refractivity contribution is 6.08. The number of carboxylic acid groups (broad SMARTS) is 1. The van der Waals surface area contributed by atoms with Crippen LogP contribution in [0.4, 0.5) is 0 Å². The van der Waals surface area contributed by atoms with Crippen molar-refractivity contribution in [3.05, 3.63) is 24.3 Å². The number of carbonyl (C=O) groups is 3. The molecule has 88 valence electrons. The molecule has 0 fully saturated rings. The summed E-state index contributed by atoms with van der Waals surface area (Å²) in [6.45, 7) is 4.99. The number of esters is 2. The van der Waals surface area contributed by atoms with E-state index < -0.39 is 17.9 Å². The van der Waals surface area contributed by atoms with E-state index in [9.17, 15) is 14.4 Å². The van der Waals surface area contributed by atoms with Crippen LogP contribution in [0.5, 0.6) is 0 Å². The van der Waals surface area contributed by atoms with Gasteiger partial charge >= 0.3 is 17.9 Å². The summed E-state index contributed by atoms with van der Waals surface area (Å²) in [4.78, 5) is 30.5. The maximum Gasteiger partial charge on any atom is 0.342 e. The third-order valence-corrected chi connectivity index (χ3v) is 1.72. The van der Waals surface area contributed by atoms with Crippen LogP contribution < -0.4 is 0 Å². The first-order chi connectivity index (χ1) is 7.51. The van der Waals surface area contributed by atoms with Crippen LogP contribution in [-0.2, 0) is 19.1 Å². The predicted molar refractivity (Wildman–Crippen MR) is 56.5 cm³/mol. The van der Waals surface area contributed by atoms with Gasteiger partial charge < -0.3 is 9.84 Å². The Labute approximate surface area is 93.4 Å². The second kappa shape index (κ2) is 7.39.